The Balaban J connectivity index is 1.72. The molecule has 120 valence electrons. The van der Waals surface area contributed by atoms with Crippen LogP contribution in [0.4, 0.5) is 5.13 Å². The molecule has 0 spiro atoms. The van der Waals surface area contributed by atoms with Crippen LogP contribution in [0.2, 0.25) is 0 Å². The minimum absolute atomic E-state index is 0.104. The van der Waals surface area contributed by atoms with Crippen LogP contribution in [0.25, 0.3) is 11.0 Å². The lowest BCUT2D eigenvalue weighted by molar-refractivity contribution is -0.115. The zero-order valence-corrected chi connectivity index (χ0v) is 14.1. The third kappa shape index (κ3) is 3.37. The Hall–Kier alpha value is -2.34. The van der Waals surface area contributed by atoms with Gasteiger partial charge in [0.1, 0.15) is 11.3 Å². The van der Waals surface area contributed by atoms with Crippen LogP contribution in [0.15, 0.2) is 34.3 Å². The van der Waals surface area contributed by atoms with Crippen molar-refractivity contribution < 1.29 is 13.9 Å². The molecule has 0 aliphatic carbocycles. The number of anilines is 1. The molecule has 5 nitrogen and oxygen atoms in total. The summed E-state index contributed by atoms with van der Waals surface area (Å²) in [6, 6.07) is 5.57. The number of amides is 1. The number of aromatic nitrogens is 1. The Morgan fingerprint density at radius 3 is 2.96 bits per heavy atom. The second kappa shape index (κ2) is 6.42. The SMILES string of the molecule is COc1ccc2c(CC(=O)Nc3nc(C(C)C)cs3)coc2c1. The van der Waals surface area contributed by atoms with Gasteiger partial charge >= 0.3 is 0 Å². The minimum Gasteiger partial charge on any atom is -0.497 e. The maximum absolute atomic E-state index is 12.2. The van der Waals surface area contributed by atoms with Crippen LogP contribution >= 0.6 is 11.3 Å². The Labute approximate surface area is 138 Å². The highest BCUT2D eigenvalue weighted by atomic mass is 32.1. The van der Waals surface area contributed by atoms with Crippen molar-refractivity contribution in [3.05, 3.63) is 41.1 Å². The molecule has 3 aromatic rings. The molecule has 0 saturated carbocycles. The van der Waals surface area contributed by atoms with Crippen molar-refractivity contribution in [3.8, 4) is 5.75 Å². The number of carbonyl (C=O) groups is 1. The second-order valence-electron chi connectivity index (χ2n) is 5.58. The van der Waals surface area contributed by atoms with Gasteiger partial charge in [0.25, 0.3) is 0 Å². The van der Waals surface area contributed by atoms with Crippen LogP contribution in [-0.2, 0) is 11.2 Å². The molecule has 3 rings (SSSR count). The lowest BCUT2D eigenvalue weighted by atomic mass is 10.1. The first-order valence-electron chi connectivity index (χ1n) is 7.36. The number of rotatable bonds is 5. The molecule has 2 heterocycles. The molecule has 0 saturated heterocycles. The number of nitrogens with one attached hydrogen (secondary N) is 1. The first-order chi connectivity index (χ1) is 11.1. The van der Waals surface area contributed by atoms with Gasteiger partial charge < -0.3 is 14.5 Å². The highest BCUT2D eigenvalue weighted by Crippen LogP contribution is 2.26. The minimum atomic E-state index is -0.104. The van der Waals surface area contributed by atoms with Gasteiger partial charge in [-0.15, -0.1) is 11.3 Å². The fourth-order valence-corrected chi connectivity index (χ4v) is 3.16. The molecule has 2 aromatic heterocycles. The molecular weight excluding hydrogens is 312 g/mol. The van der Waals surface area contributed by atoms with Crippen molar-refractivity contribution in [2.75, 3.05) is 12.4 Å². The van der Waals surface area contributed by atoms with E-state index in [2.05, 4.69) is 24.1 Å². The summed E-state index contributed by atoms with van der Waals surface area (Å²) in [5.41, 5.74) is 2.55. The molecule has 1 aromatic carbocycles. The Kier molecular flexibility index (Phi) is 4.34. The van der Waals surface area contributed by atoms with Crippen molar-refractivity contribution in [3.63, 3.8) is 0 Å². The number of benzene rings is 1. The van der Waals surface area contributed by atoms with E-state index >= 15 is 0 Å². The van der Waals surface area contributed by atoms with Gasteiger partial charge in [-0.1, -0.05) is 13.8 Å². The molecule has 0 bridgehead atoms. The van der Waals surface area contributed by atoms with Crippen molar-refractivity contribution in [1.29, 1.82) is 0 Å². The molecule has 0 unspecified atom stereocenters. The average molecular weight is 330 g/mol. The zero-order chi connectivity index (χ0) is 16.4. The molecule has 1 amide bonds. The van der Waals surface area contributed by atoms with Crippen LogP contribution in [-0.4, -0.2) is 18.0 Å². The number of hydrogen-bond donors (Lipinski definition) is 1. The van der Waals surface area contributed by atoms with E-state index in [4.69, 9.17) is 9.15 Å². The first-order valence-corrected chi connectivity index (χ1v) is 8.24. The number of furan rings is 1. The van der Waals surface area contributed by atoms with Crippen LogP contribution in [0.5, 0.6) is 5.75 Å². The molecule has 0 aliphatic rings. The Bertz CT molecular complexity index is 835. The number of ether oxygens (including phenoxy) is 1. The normalized spacial score (nSPS) is 11.1. The van der Waals surface area contributed by atoms with E-state index in [-0.39, 0.29) is 12.3 Å². The van der Waals surface area contributed by atoms with Crippen molar-refractivity contribution >= 4 is 33.3 Å². The largest absolute Gasteiger partial charge is 0.497 e. The number of carbonyl (C=O) groups excluding carboxylic acids is 1. The summed E-state index contributed by atoms with van der Waals surface area (Å²) >= 11 is 1.44. The summed E-state index contributed by atoms with van der Waals surface area (Å²) in [6.45, 7) is 4.15. The van der Waals surface area contributed by atoms with E-state index in [1.807, 2.05) is 23.6 Å². The molecule has 0 radical (unpaired) electrons. The molecule has 0 fully saturated rings. The highest BCUT2D eigenvalue weighted by Gasteiger charge is 2.13. The third-order valence-electron chi connectivity index (χ3n) is 3.57. The average Bonchev–Trinajstić information content (AvgIpc) is 3.14. The second-order valence-corrected chi connectivity index (χ2v) is 6.44. The highest BCUT2D eigenvalue weighted by molar-refractivity contribution is 7.13. The van der Waals surface area contributed by atoms with Crippen LogP contribution in [0.1, 0.15) is 31.0 Å². The van der Waals surface area contributed by atoms with E-state index in [0.29, 0.717) is 16.6 Å². The summed E-state index contributed by atoms with van der Waals surface area (Å²) in [4.78, 5) is 16.6. The van der Waals surface area contributed by atoms with E-state index in [0.717, 1.165) is 22.4 Å². The smallest absolute Gasteiger partial charge is 0.230 e. The van der Waals surface area contributed by atoms with Gasteiger partial charge in [0, 0.05) is 22.4 Å². The van der Waals surface area contributed by atoms with Gasteiger partial charge in [0.15, 0.2) is 5.13 Å². The molecule has 0 atom stereocenters. The summed E-state index contributed by atoms with van der Waals surface area (Å²) in [5.74, 6) is 0.977. The van der Waals surface area contributed by atoms with Crippen LogP contribution in [0.3, 0.4) is 0 Å². The standard InChI is InChI=1S/C17H18N2O3S/c1-10(2)14-9-23-17(18-14)19-16(20)6-11-8-22-15-7-12(21-3)4-5-13(11)15/h4-5,7-10H,6H2,1-3H3,(H,18,19,20). The lowest BCUT2D eigenvalue weighted by Crippen LogP contribution is -2.14. The molecule has 6 heteroatoms. The lowest BCUT2D eigenvalue weighted by Gasteiger charge is -2.02. The summed E-state index contributed by atoms with van der Waals surface area (Å²) in [6.07, 6.45) is 1.86. The first kappa shape index (κ1) is 15.6. The quantitative estimate of drug-likeness (QED) is 0.761. The van der Waals surface area contributed by atoms with E-state index in [1.54, 1.807) is 13.4 Å². The van der Waals surface area contributed by atoms with Gasteiger partial charge in [-0.05, 0) is 18.1 Å². The number of fused-ring (bicyclic) bond motifs is 1. The third-order valence-corrected chi connectivity index (χ3v) is 4.35. The van der Waals surface area contributed by atoms with Gasteiger partial charge in [-0.3, -0.25) is 4.79 Å². The fraction of sp³-hybridized carbons (Fsp3) is 0.294. The number of thiazole rings is 1. The fourth-order valence-electron chi connectivity index (χ4n) is 2.27. The van der Waals surface area contributed by atoms with Gasteiger partial charge in [-0.2, -0.15) is 0 Å². The predicted molar refractivity (Wildman–Crippen MR) is 91.3 cm³/mol. The van der Waals surface area contributed by atoms with Gasteiger partial charge in [0.2, 0.25) is 5.91 Å². The number of methoxy groups -OCH3 is 1. The molecule has 1 N–H and O–H groups in total. The van der Waals surface area contributed by atoms with E-state index in [1.165, 1.54) is 11.3 Å². The van der Waals surface area contributed by atoms with Crippen LogP contribution in [0, 0.1) is 0 Å². The Morgan fingerprint density at radius 1 is 1.43 bits per heavy atom. The van der Waals surface area contributed by atoms with Crippen molar-refractivity contribution in [2.45, 2.75) is 26.2 Å². The van der Waals surface area contributed by atoms with Crippen molar-refractivity contribution in [2.24, 2.45) is 0 Å². The summed E-state index contributed by atoms with van der Waals surface area (Å²) in [7, 11) is 1.61. The van der Waals surface area contributed by atoms with Crippen LogP contribution < -0.4 is 10.1 Å². The predicted octanol–water partition coefficient (Wildman–Crippen LogP) is 4.20. The maximum Gasteiger partial charge on any atom is 0.230 e. The van der Waals surface area contributed by atoms with Gasteiger partial charge in [0.05, 0.1) is 25.5 Å². The summed E-state index contributed by atoms with van der Waals surface area (Å²) < 4.78 is 10.7. The zero-order valence-electron chi connectivity index (χ0n) is 13.3. The maximum atomic E-state index is 12.2. The van der Waals surface area contributed by atoms with E-state index < -0.39 is 0 Å². The van der Waals surface area contributed by atoms with Crippen molar-refractivity contribution in [1.82, 2.24) is 4.98 Å². The molecular formula is C17H18N2O3S. The molecule has 0 aliphatic heterocycles. The number of hydrogen-bond acceptors (Lipinski definition) is 5. The summed E-state index contributed by atoms with van der Waals surface area (Å²) in [5, 5.41) is 6.37. The number of nitrogens with zero attached hydrogens (tertiary/aromatic N) is 1. The Morgan fingerprint density at radius 2 is 2.26 bits per heavy atom. The topological polar surface area (TPSA) is 64.4 Å². The monoisotopic (exact) mass is 330 g/mol. The molecule has 23 heavy (non-hydrogen) atoms. The van der Waals surface area contributed by atoms with E-state index in [9.17, 15) is 4.79 Å². The van der Waals surface area contributed by atoms with Gasteiger partial charge in [-0.25, -0.2) is 4.98 Å².